The van der Waals surface area contributed by atoms with E-state index in [-0.39, 0.29) is 10.3 Å². The summed E-state index contributed by atoms with van der Waals surface area (Å²) >= 11 is 6.08. The van der Waals surface area contributed by atoms with Crippen LogP contribution in [0.5, 0.6) is 0 Å². The third kappa shape index (κ3) is 4.08. The van der Waals surface area contributed by atoms with Gasteiger partial charge in [-0.15, -0.1) is 0 Å². The van der Waals surface area contributed by atoms with E-state index in [1.165, 1.54) is 18.7 Å². The first kappa shape index (κ1) is 16.5. The molecular weight excluding hydrogens is 310 g/mol. The number of sulfonamides is 1. The summed E-state index contributed by atoms with van der Waals surface area (Å²) in [5.41, 5.74) is 0.0902. The van der Waals surface area contributed by atoms with Crippen LogP contribution in [0.15, 0.2) is 17.2 Å². The second-order valence-electron chi connectivity index (χ2n) is 5.92. The second-order valence-corrected chi connectivity index (χ2v) is 8.09. The van der Waals surface area contributed by atoms with E-state index in [2.05, 4.69) is 21.9 Å². The van der Waals surface area contributed by atoms with Crippen LogP contribution in [0.1, 0.15) is 39.5 Å². The summed E-state index contributed by atoms with van der Waals surface area (Å²) in [5, 5.41) is 3.38. The zero-order chi connectivity index (χ0) is 15.5. The first-order valence-electron chi connectivity index (χ1n) is 7.25. The fourth-order valence-corrected chi connectivity index (χ4v) is 3.72. The average molecular weight is 332 g/mol. The van der Waals surface area contributed by atoms with E-state index in [0.717, 1.165) is 25.8 Å². The largest absolute Gasteiger partial charge is 0.369 e. The van der Waals surface area contributed by atoms with Crippen molar-refractivity contribution in [2.75, 3.05) is 18.4 Å². The number of anilines is 1. The minimum atomic E-state index is -3.55. The van der Waals surface area contributed by atoms with Gasteiger partial charge in [0, 0.05) is 19.3 Å². The summed E-state index contributed by atoms with van der Waals surface area (Å²) in [5.74, 6) is 0.517. The summed E-state index contributed by atoms with van der Waals surface area (Å²) in [4.78, 5) is 4.21. The highest BCUT2D eigenvalue weighted by Crippen LogP contribution is 2.39. The molecule has 0 aromatic carbocycles. The van der Waals surface area contributed by atoms with Gasteiger partial charge >= 0.3 is 0 Å². The van der Waals surface area contributed by atoms with Crippen molar-refractivity contribution in [2.45, 2.75) is 44.4 Å². The summed E-state index contributed by atoms with van der Waals surface area (Å²) in [7, 11) is -3.55. The van der Waals surface area contributed by atoms with Crippen LogP contribution in [0.4, 0.5) is 5.82 Å². The molecule has 0 radical (unpaired) electrons. The average Bonchev–Trinajstić information content (AvgIpc) is 2.42. The van der Waals surface area contributed by atoms with Crippen molar-refractivity contribution in [1.82, 2.24) is 9.71 Å². The van der Waals surface area contributed by atoms with Crippen molar-refractivity contribution in [1.29, 1.82) is 0 Å². The molecule has 1 aromatic heterocycles. The van der Waals surface area contributed by atoms with Gasteiger partial charge in [0.1, 0.15) is 10.7 Å². The van der Waals surface area contributed by atoms with Crippen molar-refractivity contribution >= 4 is 27.4 Å². The Bertz CT molecular complexity index is 600. The highest BCUT2D eigenvalue weighted by molar-refractivity contribution is 7.89. The Morgan fingerprint density at radius 3 is 2.67 bits per heavy atom. The van der Waals surface area contributed by atoms with Crippen LogP contribution in [0, 0.1) is 5.41 Å². The molecule has 0 bridgehead atoms. The zero-order valence-corrected chi connectivity index (χ0v) is 14.0. The first-order chi connectivity index (χ1) is 9.86. The third-order valence-corrected chi connectivity index (χ3v) is 5.57. The normalized spacial score (nSPS) is 17.3. The molecule has 1 aliphatic rings. The molecule has 0 atom stereocenters. The lowest BCUT2D eigenvalue weighted by Gasteiger charge is -2.38. The standard InChI is InChI=1S/C14H22ClN3O2S/c1-3-7-16-13-12(15)8-11(9-17-13)21(19,20)18-10-14(2)5-4-6-14/h8-9,18H,3-7,10H2,1-2H3,(H,16,17). The number of aromatic nitrogens is 1. The van der Waals surface area contributed by atoms with Crippen LogP contribution in [0.3, 0.4) is 0 Å². The lowest BCUT2D eigenvalue weighted by Crippen LogP contribution is -2.39. The lowest BCUT2D eigenvalue weighted by atomic mass is 9.71. The molecule has 0 aliphatic heterocycles. The fourth-order valence-electron chi connectivity index (χ4n) is 2.25. The molecule has 1 fully saturated rings. The Morgan fingerprint density at radius 1 is 1.43 bits per heavy atom. The van der Waals surface area contributed by atoms with Crippen molar-refractivity contribution in [2.24, 2.45) is 5.41 Å². The Balaban J connectivity index is 2.07. The maximum absolute atomic E-state index is 12.3. The molecule has 0 saturated heterocycles. The number of halogens is 1. The molecule has 118 valence electrons. The number of nitrogens with zero attached hydrogens (tertiary/aromatic N) is 1. The van der Waals surface area contributed by atoms with Crippen molar-refractivity contribution < 1.29 is 8.42 Å². The molecule has 1 aromatic rings. The third-order valence-electron chi connectivity index (χ3n) is 3.92. The van der Waals surface area contributed by atoms with E-state index in [1.54, 1.807) is 0 Å². The Labute approximate surface area is 131 Å². The van der Waals surface area contributed by atoms with Crippen molar-refractivity contribution in [3.05, 3.63) is 17.3 Å². The van der Waals surface area contributed by atoms with Gasteiger partial charge in [-0.2, -0.15) is 0 Å². The minimum Gasteiger partial charge on any atom is -0.369 e. The van der Waals surface area contributed by atoms with Gasteiger partial charge < -0.3 is 5.32 Å². The van der Waals surface area contributed by atoms with Gasteiger partial charge in [0.2, 0.25) is 10.0 Å². The topological polar surface area (TPSA) is 71.1 Å². The van der Waals surface area contributed by atoms with Gasteiger partial charge in [-0.1, -0.05) is 31.9 Å². The van der Waals surface area contributed by atoms with Crippen LogP contribution in [0.25, 0.3) is 0 Å². The van der Waals surface area contributed by atoms with E-state index < -0.39 is 10.0 Å². The lowest BCUT2D eigenvalue weighted by molar-refractivity contribution is 0.166. The smallest absolute Gasteiger partial charge is 0.242 e. The molecule has 0 amide bonds. The monoisotopic (exact) mass is 331 g/mol. The zero-order valence-electron chi connectivity index (χ0n) is 12.4. The van der Waals surface area contributed by atoms with Crippen LogP contribution < -0.4 is 10.0 Å². The Kier molecular flexibility index (Phi) is 5.11. The molecule has 21 heavy (non-hydrogen) atoms. The van der Waals surface area contributed by atoms with Crippen LogP contribution >= 0.6 is 11.6 Å². The van der Waals surface area contributed by atoms with E-state index in [1.807, 2.05) is 6.92 Å². The second kappa shape index (κ2) is 6.50. The summed E-state index contributed by atoms with van der Waals surface area (Å²) in [6.45, 7) is 5.34. The van der Waals surface area contributed by atoms with E-state index in [9.17, 15) is 8.42 Å². The predicted molar refractivity (Wildman–Crippen MR) is 85.2 cm³/mol. The molecule has 1 aliphatic carbocycles. The quantitative estimate of drug-likeness (QED) is 0.805. The summed E-state index contributed by atoms with van der Waals surface area (Å²) in [6.07, 6.45) is 5.58. The highest BCUT2D eigenvalue weighted by atomic mass is 35.5. The Morgan fingerprint density at radius 2 is 2.14 bits per heavy atom. The van der Waals surface area contributed by atoms with Gasteiger partial charge in [-0.3, -0.25) is 0 Å². The highest BCUT2D eigenvalue weighted by Gasteiger charge is 2.33. The molecule has 1 saturated carbocycles. The van der Waals surface area contributed by atoms with Crippen molar-refractivity contribution in [3.63, 3.8) is 0 Å². The van der Waals surface area contributed by atoms with E-state index >= 15 is 0 Å². The molecule has 1 heterocycles. The van der Waals surface area contributed by atoms with Gasteiger partial charge in [0.25, 0.3) is 0 Å². The number of hydrogen-bond donors (Lipinski definition) is 2. The molecule has 2 rings (SSSR count). The number of hydrogen-bond acceptors (Lipinski definition) is 4. The van der Waals surface area contributed by atoms with E-state index in [4.69, 9.17) is 11.6 Å². The molecule has 7 heteroatoms. The first-order valence-corrected chi connectivity index (χ1v) is 9.11. The minimum absolute atomic E-state index is 0.0902. The molecule has 5 nitrogen and oxygen atoms in total. The van der Waals surface area contributed by atoms with E-state index in [0.29, 0.717) is 17.4 Å². The summed E-state index contributed by atoms with van der Waals surface area (Å²) in [6, 6.07) is 1.44. The maximum atomic E-state index is 12.3. The predicted octanol–water partition coefficient (Wildman–Crippen LogP) is 3.03. The van der Waals surface area contributed by atoms with Crippen LogP contribution in [0.2, 0.25) is 5.02 Å². The summed E-state index contributed by atoms with van der Waals surface area (Å²) < 4.78 is 27.2. The molecular formula is C14H22ClN3O2S. The molecule has 0 unspecified atom stereocenters. The van der Waals surface area contributed by atoms with Gasteiger partial charge in [0.15, 0.2) is 0 Å². The number of nitrogens with one attached hydrogen (secondary N) is 2. The van der Waals surface area contributed by atoms with Gasteiger partial charge in [0.05, 0.1) is 5.02 Å². The van der Waals surface area contributed by atoms with Crippen molar-refractivity contribution in [3.8, 4) is 0 Å². The molecule has 0 spiro atoms. The maximum Gasteiger partial charge on any atom is 0.242 e. The number of rotatable bonds is 7. The van der Waals surface area contributed by atoms with Crippen LogP contribution in [-0.4, -0.2) is 26.5 Å². The van der Waals surface area contributed by atoms with Gasteiger partial charge in [-0.05, 0) is 30.7 Å². The Hall–Kier alpha value is -0.850. The van der Waals surface area contributed by atoms with Crippen LogP contribution in [-0.2, 0) is 10.0 Å². The fraction of sp³-hybridized carbons (Fsp3) is 0.643. The SMILES string of the molecule is CCCNc1ncc(S(=O)(=O)NCC2(C)CCC2)cc1Cl. The van der Waals surface area contributed by atoms with Gasteiger partial charge in [-0.25, -0.2) is 18.1 Å². The molecule has 2 N–H and O–H groups in total. The number of pyridine rings is 1.